The zero-order chi connectivity index (χ0) is 14.8. The molecule has 1 aliphatic heterocycles. The summed E-state index contributed by atoms with van der Waals surface area (Å²) in [6.45, 7) is 7.30. The van der Waals surface area contributed by atoms with Crippen LogP contribution in [0.4, 0.5) is 4.79 Å². The lowest BCUT2D eigenvalue weighted by Gasteiger charge is -2.23. The van der Waals surface area contributed by atoms with Crippen molar-refractivity contribution in [3.63, 3.8) is 0 Å². The fourth-order valence-electron chi connectivity index (χ4n) is 2.25. The summed E-state index contributed by atoms with van der Waals surface area (Å²) in [5.74, 6) is 0.945. The monoisotopic (exact) mass is 282 g/mol. The van der Waals surface area contributed by atoms with Crippen LogP contribution < -0.4 is 10.6 Å². The third-order valence-corrected chi connectivity index (χ3v) is 3.33. The number of guanidine groups is 1. The number of alkyl carbamates (subject to hydrolysis) is 1. The van der Waals surface area contributed by atoms with E-state index < -0.39 is 5.60 Å². The third kappa shape index (κ3) is 4.58. The maximum absolute atomic E-state index is 11.8. The quantitative estimate of drug-likeness (QED) is 0.592. The first-order valence-corrected chi connectivity index (χ1v) is 7.35. The van der Waals surface area contributed by atoms with Crippen LogP contribution in [-0.4, -0.2) is 54.8 Å². The number of hydrogen-bond acceptors (Lipinski definition) is 3. The fourth-order valence-corrected chi connectivity index (χ4v) is 2.25. The van der Waals surface area contributed by atoms with E-state index in [1.807, 2.05) is 20.8 Å². The van der Waals surface area contributed by atoms with Gasteiger partial charge >= 0.3 is 6.09 Å². The van der Waals surface area contributed by atoms with Gasteiger partial charge in [-0.05, 0) is 40.0 Å². The molecule has 2 rings (SSSR count). The molecular weight excluding hydrogens is 256 g/mol. The molecule has 1 atom stereocenters. The zero-order valence-electron chi connectivity index (χ0n) is 12.9. The van der Waals surface area contributed by atoms with Gasteiger partial charge in [-0.2, -0.15) is 0 Å². The summed E-state index contributed by atoms with van der Waals surface area (Å²) in [5.41, 5.74) is -0.452. The Balaban J connectivity index is 1.78. The Kier molecular flexibility index (Phi) is 4.40. The lowest BCUT2D eigenvalue weighted by molar-refractivity contribution is 0.0507. The maximum Gasteiger partial charge on any atom is 0.407 e. The SMILES string of the molecule is CN=C(NC1CC1)N1CCC(NC(=O)OC(C)(C)C)C1. The largest absolute Gasteiger partial charge is 0.444 e. The van der Waals surface area contributed by atoms with Crippen LogP contribution in [0.25, 0.3) is 0 Å². The highest BCUT2D eigenvalue weighted by Crippen LogP contribution is 2.20. The van der Waals surface area contributed by atoms with Gasteiger partial charge in [0.25, 0.3) is 0 Å². The summed E-state index contributed by atoms with van der Waals surface area (Å²) in [6, 6.07) is 0.717. The molecule has 1 unspecified atom stereocenters. The van der Waals surface area contributed by atoms with Crippen molar-refractivity contribution in [1.82, 2.24) is 15.5 Å². The molecule has 1 saturated carbocycles. The van der Waals surface area contributed by atoms with Crippen LogP contribution in [0.15, 0.2) is 4.99 Å². The lowest BCUT2D eigenvalue weighted by Crippen LogP contribution is -2.44. The number of nitrogens with one attached hydrogen (secondary N) is 2. The second-order valence-electron chi connectivity index (χ2n) is 6.54. The van der Waals surface area contributed by atoms with E-state index in [9.17, 15) is 4.79 Å². The minimum atomic E-state index is -0.452. The molecule has 0 radical (unpaired) electrons. The van der Waals surface area contributed by atoms with Gasteiger partial charge in [-0.15, -0.1) is 0 Å². The van der Waals surface area contributed by atoms with Crippen LogP contribution in [0.5, 0.6) is 0 Å². The van der Waals surface area contributed by atoms with Gasteiger partial charge in [-0.1, -0.05) is 0 Å². The number of aliphatic imine (C=N–C) groups is 1. The maximum atomic E-state index is 11.8. The van der Waals surface area contributed by atoms with Crippen LogP contribution in [0.3, 0.4) is 0 Å². The number of ether oxygens (including phenoxy) is 1. The summed E-state index contributed by atoms with van der Waals surface area (Å²) >= 11 is 0. The lowest BCUT2D eigenvalue weighted by atomic mass is 10.2. The predicted molar refractivity (Wildman–Crippen MR) is 78.9 cm³/mol. The Bertz CT molecular complexity index is 385. The number of carbonyl (C=O) groups excluding carboxylic acids is 1. The second kappa shape index (κ2) is 5.89. The van der Waals surface area contributed by atoms with E-state index in [2.05, 4.69) is 20.5 Å². The molecule has 0 aromatic carbocycles. The summed E-state index contributed by atoms with van der Waals surface area (Å²) in [7, 11) is 1.80. The molecule has 0 aromatic heterocycles. The Morgan fingerprint density at radius 3 is 2.45 bits per heavy atom. The molecule has 0 aromatic rings. The Labute approximate surface area is 121 Å². The highest BCUT2D eigenvalue weighted by molar-refractivity contribution is 5.81. The molecule has 0 bridgehead atoms. The molecule has 6 nitrogen and oxygen atoms in total. The van der Waals surface area contributed by atoms with E-state index in [4.69, 9.17) is 4.74 Å². The molecule has 1 saturated heterocycles. The Morgan fingerprint density at radius 1 is 1.20 bits per heavy atom. The van der Waals surface area contributed by atoms with E-state index in [1.165, 1.54) is 12.8 Å². The number of likely N-dealkylation sites (tertiary alicyclic amines) is 1. The topological polar surface area (TPSA) is 66.0 Å². The van der Waals surface area contributed by atoms with Gasteiger partial charge in [0.1, 0.15) is 5.60 Å². The molecule has 114 valence electrons. The first-order chi connectivity index (χ1) is 9.37. The van der Waals surface area contributed by atoms with Crippen LogP contribution >= 0.6 is 0 Å². The molecule has 1 amide bonds. The molecule has 2 fully saturated rings. The highest BCUT2D eigenvalue weighted by atomic mass is 16.6. The Hall–Kier alpha value is -1.46. The van der Waals surface area contributed by atoms with Crippen molar-refractivity contribution >= 4 is 12.1 Å². The van der Waals surface area contributed by atoms with Crippen LogP contribution in [0, 0.1) is 0 Å². The highest BCUT2D eigenvalue weighted by Gasteiger charge is 2.30. The van der Waals surface area contributed by atoms with Gasteiger partial charge in [0.2, 0.25) is 0 Å². The molecule has 1 aliphatic carbocycles. The van der Waals surface area contributed by atoms with E-state index >= 15 is 0 Å². The smallest absolute Gasteiger partial charge is 0.407 e. The van der Waals surface area contributed by atoms with Crippen molar-refractivity contribution in [2.24, 2.45) is 4.99 Å². The second-order valence-corrected chi connectivity index (χ2v) is 6.54. The number of carbonyl (C=O) groups is 1. The average Bonchev–Trinajstić information content (AvgIpc) is 3.03. The number of amides is 1. The van der Waals surface area contributed by atoms with Crippen molar-refractivity contribution in [3.8, 4) is 0 Å². The van der Waals surface area contributed by atoms with E-state index in [0.29, 0.717) is 6.04 Å². The minimum absolute atomic E-state index is 0.127. The normalized spacial score (nSPS) is 23.7. The van der Waals surface area contributed by atoms with Crippen molar-refractivity contribution in [3.05, 3.63) is 0 Å². The predicted octanol–water partition coefficient (Wildman–Crippen LogP) is 1.32. The first kappa shape index (κ1) is 14.9. The fraction of sp³-hybridized carbons (Fsp3) is 0.857. The van der Waals surface area contributed by atoms with Crippen molar-refractivity contribution in [1.29, 1.82) is 0 Å². The van der Waals surface area contributed by atoms with Crippen LogP contribution in [0.2, 0.25) is 0 Å². The van der Waals surface area contributed by atoms with E-state index in [-0.39, 0.29) is 12.1 Å². The Morgan fingerprint density at radius 2 is 1.90 bits per heavy atom. The molecule has 6 heteroatoms. The molecule has 2 N–H and O–H groups in total. The van der Waals surface area contributed by atoms with Gasteiger partial charge in [0.05, 0.1) is 6.04 Å². The standard InChI is InChI=1S/C14H26N4O2/c1-14(2,3)20-13(19)17-11-7-8-18(9-11)12(15-4)16-10-5-6-10/h10-11H,5-9H2,1-4H3,(H,15,16)(H,17,19). The summed E-state index contributed by atoms with van der Waals surface area (Å²) in [6.07, 6.45) is 3.04. The molecule has 0 spiro atoms. The molecule has 2 aliphatic rings. The van der Waals surface area contributed by atoms with Gasteiger partial charge in [-0.3, -0.25) is 4.99 Å². The minimum Gasteiger partial charge on any atom is -0.444 e. The number of nitrogens with zero attached hydrogens (tertiary/aromatic N) is 2. The van der Waals surface area contributed by atoms with Gasteiger partial charge < -0.3 is 20.3 Å². The molecule has 20 heavy (non-hydrogen) atoms. The van der Waals surface area contributed by atoms with Gasteiger partial charge in [0, 0.05) is 26.2 Å². The van der Waals surface area contributed by atoms with Gasteiger partial charge in [-0.25, -0.2) is 4.79 Å². The number of hydrogen-bond donors (Lipinski definition) is 2. The van der Waals surface area contributed by atoms with Crippen LogP contribution in [-0.2, 0) is 4.74 Å². The summed E-state index contributed by atoms with van der Waals surface area (Å²) in [5, 5.41) is 6.35. The summed E-state index contributed by atoms with van der Waals surface area (Å²) in [4.78, 5) is 18.3. The summed E-state index contributed by atoms with van der Waals surface area (Å²) < 4.78 is 5.28. The van der Waals surface area contributed by atoms with Gasteiger partial charge in [0.15, 0.2) is 5.96 Å². The molecular formula is C14H26N4O2. The molecule has 1 heterocycles. The van der Waals surface area contributed by atoms with E-state index in [0.717, 1.165) is 25.5 Å². The van der Waals surface area contributed by atoms with Crippen molar-refractivity contribution in [2.75, 3.05) is 20.1 Å². The van der Waals surface area contributed by atoms with E-state index in [1.54, 1.807) is 7.05 Å². The first-order valence-electron chi connectivity index (χ1n) is 7.35. The third-order valence-electron chi connectivity index (χ3n) is 3.33. The van der Waals surface area contributed by atoms with Crippen molar-refractivity contribution < 1.29 is 9.53 Å². The van der Waals surface area contributed by atoms with Crippen LogP contribution in [0.1, 0.15) is 40.0 Å². The average molecular weight is 282 g/mol. The zero-order valence-corrected chi connectivity index (χ0v) is 12.9. The number of rotatable bonds is 2. The van der Waals surface area contributed by atoms with Crippen molar-refractivity contribution in [2.45, 2.75) is 57.7 Å².